The largest absolute Gasteiger partial charge is 0.497 e. The van der Waals surface area contributed by atoms with Gasteiger partial charge in [-0.1, -0.05) is 0 Å². The van der Waals surface area contributed by atoms with E-state index in [9.17, 15) is 9.59 Å². The van der Waals surface area contributed by atoms with Gasteiger partial charge >= 0.3 is 0 Å². The highest BCUT2D eigenvalue weighted by Gasteiger charge is 2.11. The van der Waals surface area contributed by atoms with Crippen LogP contribution < -0.4 is 16.0 Å². The minimum Gasteiger partial charge on any atom is -0.497 e. The quantitative estimate of drug-likeness (QED) is 0.876. The van der Waals surface area contributed by atoms with Crippen LogP contribution in [0.5, 0.6) is 5.75 Å². The number of nitrogens with two attached hydrogens (primary N) is 1. The highest BCUT2D eigenvalue weighted by atomic mass is 16.5. The lowest BCUT2D eigenvalue weighted by molar-refractivity contribution is 0.0993. The van der Waals surface area contributed by atoms with Gasteiger partial charge in [0.1, 0.15) is 5.75 Å². The first-order valence-corrected chi connectivity index (χ1v) is 5.58. The molecule has 1 amide bonds. The van der Waals surface area contributed by atoms with Crippen molar-refractivity contribution in [2.75, 3.05) is 7.11 Å². The van der Waals surface area contributed by atoms with Crippen LogP contribution in [-0.4, -0.2) is 22.8 Å². The SMILES string of the molecule is COc1ccc(-n2nc(C(N)=O)c(C)cc2=O)cc1. The molecule has 98 valence electrons. The van der Waals surface area contributed by atoms with Crippen LogP contribution in [0.25, 0.3) is 5.69 Å². The number of rotatable bonds is 3. The number of primary amides is 1. The summed E-state index contributed by atoms with van der Waals surface area (Å²) in [5.74, 6) is -0.00111. The molecule has 0 aliphatic rings. The summed E-state index contributed by atoms with van der Waals surface area (Å²) in [5, 5.41) is 3.99. The van der Waals surface area contributed by atoms with Gasteiger partial charge in [-0.05, 0) is 36.8 Å². The summed E-state index contributed by atoms with van der Waals surface area (Å²) in [6.07, 6.45) is 0. The number of ether oxygens (including phenoxy) is 1. The van der Waals surface area contributed by atoms with E-state index < -0.39 is 5.91 Å². The maximum absolute atomic E-state index is 11.9. The molecule has 1 aromatic carbocycles. The second-order valence-electron chi connectivity index (χ2n) is 3.99. The second-order valence-corrected chi connectivity index (χ2v) is 3.99. The molecule has 19 heavy (non-hydrogen) atoms. The molecule has 0 saturated carbocycles. The average molecular weight is 259 g/mol. The molecule has 0 spiro atoms. The second kappa shape index (κ2) is 4.93. The maximum Gasteiger partial charge on any atom is 0.271 e. The van der Waals surface area contributed by atoms with E-state index in [1.807, 2.05) is 0 Å². The van der Waals surface area contributed by atoms with Gasteiger partial charge in [0.15, 0.2) is 5.69 Å². The number of aryl methyl sites for hydroxylation is 1. The molecular weight excluding hydrogens is 246 g/mol. The van der Waals surface area contributed by atoms with E-state index in [-0.39, 0.29) is 11.3 Å². The fourth-order valence-electron chi connectivity index (χ4n) is 1.69. The highest BCUT2D eigenvalue weighted by molar-refractivity contribution is 5.91. The van der Waals surface area contributed by atoms with Crippen LogP contribution in [0.4, 0.5) is 0 Å². The van der Waals surface area contributed by atoms with E-state index >= 15 is 0 Å². The zero-order valence-electron chi connectivity index (χ0n) is 10.6. The Hall–Kier alpha value is -2.63. The summed E-state index contributed by atoms with van der Waals surface area (Å²) in [6, 6.07) is 8.08. The molecule has 0 radical (unpaired) electrons. The van der Waals surface area contributed by atoms with Crippen LogP contribution in [0.3, 0.4) is 0 Å². The van der Waals surface area contributed by atoms with Crippen LogP contribution in [0, 0.1) is 6.92 Å². The summed E-state index contributed by atoms with van der Waals surface area (Å²) in [4.78, 5) is 23.1. The number of aromatic nitrogens is 2. The monoisotopic (exact) mass is 259 g/mol. The molecule has 0 aliphatic carbocycles. The van der Waals surface area contributed by atoms with Crippen LogP contribution in [0.2, 0.25) is 0 Å². The van der Waals surface area contributed by atoms with Crippen molar-refractivity contribution in [1.29, 1.82) is 0 Å². The third kappa shape index (κ3) is 2.47. The molecule has 0 bridgehead atoms. The third-order valence-corrected chi connectivity index (χ3v) is 2.67. The van der Waals surface area contributed by atoms with Crippen molar-refractivity contribution in [3.05, 3.63) is 51.9 Å². The van der Waals surface area contributed by atoms with Crippen molar-refractivity contribution < 1.29 is 9.53 Å². The van der Waals surface area contributed by atoms with Crippen LogP contribution in [-0.2, 0) is 0 Å². The maximum atomic E-state index is 11.9. The predicted octanol–water partition coefficient (Wildman–Crippen LogP) is 0.648. The van der Waals surface area contributed by atoms with E-state index in [1.165, 1.54) is 6.07 Å². The molecule has 2 N–H and O–H groups in total. The molecule has 1 aromatic heterocycles. The van der Waals surface area contributed by atoms with Gasteiger partial charge in [0, 0.05) is 6.07 Å². The van der Waals surface area contributed by atoms with E-state index in [2.05, 4.69) is 5.10 Å². The lowest BCUT2D eigenvalue weighted by atomic mass is 10.2. The van der Waals surface area contributed by atoms with Gasteiger partial charge in [-0.25, -0.2) is 0 Å². The Morgan fingerprint density at radius 3 is 2.47 bits per heavy atom. The Bertz CT molecular complexity index is 675. The molecular formula is C13H13N3O3. The minimum atomic E-state index is -0.667. The Morgan fingerprint density at radius 2 is 1.95 bits per heavy atom. The topological polar surface area (TPSA) is 87.2 Å². The normalized spacial score (nSPS) is 10.2. The summed E-state index contributed by atoms with van der Waals surface area (Å²) in [7, 11) is 1.55. The Labute approximate surface area is 109 Å². The lowest BCUT2D eigenvalue weighted by Crippen LogP contribution is -2.26. The fourth-order valence-corrected chi connectivity index (χ4v) is 1.69. The number of methoxy groups -OCH3 is 1. The number of hydrogen-bond acceptors (Lipinski definition) is 4. The first-order valence-electron chi connectivity index (χ1n) is 5.58. The lowest BCUT2D eigenvalue weighted by Gasteiger charge is -2.08. The van der Waals surface area contributed by atoms with Gasteiger partial charge in [0.25, 0.3) is 11.5 Å². The number of carbonyl (C=O) groups excluding carboxylic acids is 1. The van der Waals surface area contributed by atoms with Crippen LogP contribution >= 0.6 is 0 Å². The van der Waals surface area contributed by atoms with Crippen molar-refractivity contribution in [1.82, 2.24) is 9.78 Å². The zero-order chi connectivity index (χ0) is 14.0. The van der Waals surface area contributed by atoms with Crippen LogP contribution in [0.15, 0.2) is 35.1 Å². The van der Waals surface area contributed by atoms with Gasteiger partial charge in [0.05, 0.1) is 12.8 Å². The van der Waals surface area contributed by atoms with Gasteiger partial charge in [-0.3, -0.25) is 9.59 Å². The van der Waals surface area contributed by atoms with Crippen molar-refractivity contribution >= 4 is 5.91 Å². The molecule has 0 aliphatic heterocycles. The molecule has 6 nitrogen and oxygen atoms in total. The Morgan fingerprint density at radius 1 is 1.32 bits per heavy atom. The van der Waals surface area contributed by atoms with E-state index in [1.54, 1.807) is 38.3 Å². The molecule has 0 unspecified atom stereocenters. The zero-order valence-corrected chi connectivity index (χ0v) is 10.6. The van der Waals surface area contributed by atoms with Crippen LogP contribution in [0.1, 0.15) is 16.1 Å². The Balaban J connectivity index is 2.57. The van der Waals surface area contributed by atoms with Crippen molar-refractivity contribution in [3.8, 4) is 11.4 Å². The van der Waals surface area contributed by atoms with Crippen molar-refractivity contribution in [3.63, 3.8) is 0 Å². The number of amides is 1. The molecule has 1 heterocycles. The first-order chi connectivity index (χ1) is 9.02. The van der Waals surface area contributed by atoms with E-state index in [0.29, 0.717) is 17.0 Å². The summed E-state index contributed by atoms with van der Waals surface area (Å²) in [5.41, 5.74) is 5.97. The number of nitrogens with zero attached hydrogens (tertiary/aromatic N) is 2. The standard InChI is InChI=1S/C13H13N3O3/c1-8-7-11(17)16(15-12(8)13(14)18)9-3-5-10(19-2)6-4-9/h3-7H,1-2H3,(H2,14,18). The number of benzene rings is 1. The first kappa shape index (κ1) is 12.8. The molecule has 0 saturated heterocycles. The minimum absolute atomic E-state index is 0.0791. The van der Waals surface area contributed by atoms with E-state index in [0.717, 1.165) is 4.68 Å². The third-order valence-electron chi connectivity index (χ3n) is 2.67. The average Bonchev–Trinajstić information content (AvgIpc) is 2.38. The number of carbonyl (C=O) groups is 1. The summed E-state index contributed by atoms with van der Waals surface area (Å²) < 4.78 is 6.17. The summed E-state index contributed by atoms with van der Waals surface area (Å²) in [6.45, 7) is 1.62. The highest BCUT2D eigenvalue weighted by Crippen LogP contribution is 2.13. The predicted molar refractivity (Wildman–Crippen MR) is 69.6 cm³/mol. The fraction of sp³-hybridized carbons (Fsp3) is 0.154. The van der Waals surface area contributed by atoms with Gasteiger partial charge in [-0.15, -0.1) is 0 Å². The molecule has 2 aromatic rings. The molecule has 2 rings (SSSR count). The van der Waals surface area contributed by atoms with Crippen molar-refractivity contribution in [2.45, 2.75) is 6.92 Å². The summed E-state index contributed by atoms with van der Waals surface area (Å²) >= 11 is 0. The molecule has 0 fully saturated rings. The Kier molecular flexibility index (Phi) is 3.33. The molecule has 6 heteroatoms. The molecule has 0 atom stereocenters. The van der Waals surface area contributed by atoms with Crippen molar-refractivity contribution in [2.24, 2.45) is 5.73 Å². The number of hydrogen-bond donors (Lipinski definition) is 1. The smallest absolute Gasteiger partial charge is 0.271 e. The van der Waals surface area contributed by atoms with Gasteiger partial charge in [0.2, 0.25) is 0 Å². The van der Waals surface area contributed by atoms with Gasteiger partial charge < -0.3 is 10.5 Å². The van der Waals surface area contributed by atoms with Gasteiger partial charge in [-0.2, -0.15) is 9.78 Å². The van der Waals surface area contributed by atoms with E-state index in [4.69, 9.17) is 10.5 Å².